The summed E-state index contributed by atoms with van der Waals surface area (Å²) in [4.78, 5) is 19.5. The van der Waals surface area contributed by atoms with E-state index in [1.165, 1.54) is 12.5 Å². The number of nitrogens with zero attached hydrogens (tertiary/aromatic N) is 4. The fraction of sp³-hybridized carbons (Fsp3) is 0.273. The minimum atomic E-state index is -0.389. The first-order valence-electron chi connectivity index (χ1n) is 10.3. The molecule has 0 amide bonds. The van der Waals surface area contributed by atoms with E-state index >= 15 is 0 Å². The summed E-state index contributed by atoms with van der Waals surface area (Å²) in [6, 6.07) is 16.1. The van der Waals surface area contributed by atoms with Crippen LogP contribution in [0.5, 0.6) is 0 Å². The Morgan fingerprint density at radius 2 is 1.97 bits per heavy atom. The average molecular weight is 419 g/mol. The number of aromatic nitrogens is 2. The van der Waals surface area contributed by atoms with Crippen molar-refractivity contribution in [2.45, 2.75) is 12.8 Å². The normalized spacial score (nSPS) is 13.8. The van der Waals surface area contributed by atoms with Crippen LogP contribution in [0.4, 0.5) is 23.1 Å². The van der Waals surface area contributed by atoms with Crippen molar-refractivity contribution < 1.29 is 4.92 Å². The molecule has 1 saturated heterocycles. The van der Waals surface area contributed by atoms with Crippen molar-refractivity contribution in [3.05, 3.63) is 70.9 Å². The molecule has 2 heterocycles. The molecule has 4 rings (SSSR count). The summed E-state index contributed by atoms with van der Waals surface area (Å²) in [5, 5.41) is 19.9. The van der Waals surface area contributed by atoms with Gasteiger partial charge in [-0.25, -0.2) is 9.99 Å². The Kier molecular flexibility index (Phi) is 6.65. The van der Waals surface area contributed by atoms with E-state index in [4.69, 9.17) is 0 Å². The molecule has 0 spiro atoms. The third-order valence-corrected chi connectivity index (χ3v) is 5.02. The van der Waals surface area contributed by atoms with Crippen molar-refractivity contribution in [2.24, 2.45) is 0 Å². The van der Waals surface area contributed by atoms with Crippen molar-refractivity contribution in [1.29, 1.82) is 0 Å². The Hall–Kier alpha value is -3.56. The van der Waals surface area contributed by atoms with Gasteiger partial charge in [0.25, 0.3) is 5.69 Å². The SMILES string of the molecule is O=[N+]([O-])c1cccc(-c2cccc(Nc3nccc(NCCCN4CCCN4)n3)c2)c1. The largest absolute Gasteiger partial charge is 0.370 e. The highest BCUT2D eigenvalue weighted by atomic mass is 16.6. The fourth-order valence-electron chi connectivity index (χ4n) is 3.49. The van der Waals surface area contributed by atoms with Crippen molar-refractivity contribution in [2.75, 3.05) is 36.8 Å². The molecule has 160 valence electrons. The Morgan fingerprint density at radius 3 is 2.77 bits per heavy atom. The number of rotatable bonds is 9. The second-order valence-electron chi connectivity index (χ2n) is 7.31. The molecule has 3 N–H and O–H groups in total. The number of hydrazine groups is 1. The van der Waals surface area contributed by atoms with Gasteiger partial charge in [0.05, 0.1) is 4.92 Å². The fourth-order valence-corrected chi connectivity index (χ4v) is 3.49. The van der Waals surface area contributed by atoms with Gasteiger partial charge in [0.15, 0.2) is 0 Å². The summed E-state index contributed by atoms with van der Waals surface area (Å²) in [5.74, 6) is 1.25. The molecule has 1 aromatic heterocycles. The van der Waals surface area contributed by atoms with Gasteiger partial charge in [-0.1, -0.05) is 24.3 Å². The minimum absolute atomic E-state index is 0.0680. The van der Waals surface area contributed by atoms with Gasteiger partial charge >= 0.3 is 0 Å². The quantitative estimate of drug-likeness (QED) is 0.273. The van der Waals surface area contributed by atoms with E-state index in [1.807, 2.05) is 36.4 Å². The molecule has 0 aliphatic carbocycles. The first-order chi connectivity index (χ1) is 15.2. The lowest BCUT2D eigenvalue weighted by Crippen LogP contribution is -2.32. The first kappa shape index (κ1) is 20.7. The second-order valence-corrected chi connectivity index (χ2v) is 7.31. The number of nitro groups is 1. The topological polar surface area (TPSA) is 108 Å². The molecule has 1 fully saturated rings. The van der Waals surface area contributed by atoms with E-state index in [-0.39, 0.29) is 10.6 Å². The summed E-state index contributed by atoms with van der Waals surface area (Å²) in [6.45, 7) is 4.01. The highest BCUT2D eigenvalue weighted by molar-refractivity contribution is 5.71. The highest BCUT2D eigenvalue weighted by Crippen LogP contribution is 2.27. The van der Waals surface area contributed by atoms with Gasteiger partial charge in [0.1, 0.15) is 5.82 Å². The molecule has 2 aromatic carbocycles. The number of hydrogen-bond acceptors (Lipinski definition) is 8. The van der Waals surface area contributed by atoms with Gasteiger partial charge in [-0.2, -0.15) is 4.98 Å². The van der Waals surface area contributed by atoms with Crippen molar-refractivity contribution in [1.82, 2.24) is 20.4 Å². The number of nitro benzene ring substituents is 1. The molecule has 0 atom stereocenters. The summed E-state index contributed by atoms with van der Waals surface area (Å²) in [7, 11) is 0. The monoisotopic (exact) mass is 419 g/mol. The molecular formula is C22H25N7O2. The molecule has 0 saturated carbocycles. The van der Waals surface area contributed by atoms with Crippen LogP contribution in [0.15, 0.2) is 60.8 Å². The standard InChI is InChI=1S/C22H25N7O2/c30-29(31)20-8-2-6-18(16-20)17-5-1-7-19(15-17)26-22-24-12-9-21(27-22)23-10-3-13-28-14-4-11-25-28/h1-2,5-9,12,15-16,25H,3-4,10-11,13-14H2,(H2,23,24,26,27). The van der Waals surface area contributed by atoms with E-state index in [0.717, 1.165) is 55.2 Å². The molecule has 0 bridgehead atoms. The van der Waals surface area contributed by atoms with Crippen LogP contribution in [0.25, 0.3) is 11.1 Å². The number of benzene rings is 2. The number of anilines is 3. The molecular weight excluding hydrogens is 394 g/mol. The van der Waals surface area contributed by atoms with Crippen molar-refractivity contribution in [3.63, 3.8) is 0 Å². The molecule has 1 aliphatic rings. The van der Waals surface area contributed by atoms with Crippen molar-refractivity contribution >= 4 is 23.1 Å². The van der Waals surface area contributed by atoms with E-state index in [1.54, 1.807) is 18.3 Å². The predicted molar refractivity (Wildman–Crippen MR) is 121 cm³/mol. The highest BCUT2D eigenvalue weighted by Gasteiger charge is 2.10. The third-order valence-electron chi connectivity index (χ3n) is 5.02. The average Bonchev–Trinajstić information content (AvgIpc) is 3.31. The predicted octanol–water partition coefficient (Wildman–Crippen LogP) is 3.81. The first-order valence-corrected chi connectivity index (χ1v) is 10.3. The lowest BCUT2D eigenvalue weighted by molar-refractivity contribution is -0.384. The smallest absolute Gasteiger partial charge is 0.270 e. The maximum absolute atomic E-state index is 11.1. The maximum atomic E-state index is 11.1. The van der Waals surface area contributed by atoms with E-state index in [0.29, 0.717) is 5.95 Å². The summed E-state index contributed by atoms with van der Waals surface area (Å²) in [6.07, 6.45) is 3.94. The molecule has 0 unspecified atom stereocenters. The van der Waals surface area contributed by atoms with E-state index < -0.39 is 0 Å². The van der Waals surface area contributed by atoms with Crippen LogP contribution >= 0.6 is 0 Å². The summed E-state index contributed by atoms with van der Waals surface area (Å²) in [5.41, 5.74) is 5.88. The van der Waals surface area contributed by atoms with Crippen molar-refractivity contribution in [3.8, 4) is 11.1 Å². The molecule has 1 aliphatic heterocycles. The summed E-state index contributed by atoms with van der Waals surface area (Å²) >= 11 is 0. The van der Waals surface area contributed by atoms with Crippen LogP contribution in [-0.2, 0) is 0 Å². The lowest BCUT2D eigenvalue weighted by Gasteiger charge is -2.15. The van der Waals surface area contributed by atoms with E-state index in [9.17, 15) is 10.1 Å². The Bertz CT molecular complexity index is 1040. The zero-order valence-corrected chi connectivity index (χ0v) is 17.1. The van der Waals surface area contributed by atoms with Crippen LogP contribution in [-0.4, -0.2) is 46.1 Å². The van der Waals surface area contributed by atoms with Gasteiger partial charge in [-0.3, -0.25) is 15.5 Å². The number of nitrogens with one attached hydrogen (secondary N) is 3. The zero-order chi connectivity index (χ0) is 21.5. The molecule has 9 nitrogen and oxygen atoms in total. The lowest BCUT2D eigenvalue weighted by atomic mass is 10.0. The molecule has 3 aromatic rings. The Labute approximate surface area is 180 Å². The second kappa shape index (κ2) is 9.96. The molecule has 31 heavy (non-hydrogen) atoms. The molecule has 0 radical (unpaired) electrons. The van der Waals surface area contributed by atoms with Gasteiger partial charge in [-0.05, 0) is 42.2 Å². The Morgan fingerprint density at radius 1 is 1.13 bits per heavy atom. The minimum Gasteiger partial charge on any atom is -0.370 e. The van der Waals surface area contributed by atoms with Crippen LogP contribution in [0, 0.1) is 10.1 Å². The zero-order valence-electron chi connectivity index (χ0n) is 17.1. The summed E-state index contributed by atoms with van der Waals surface area (Å²) < 4.78 is 0. The Balaban J connectivity index is 1.38. The van der Waals surface area contributed by atoms with Gasteiger partial charge in [-0.15, -0.1) is 0 Å². The number of non-ortho nitro benzene ring substituents is 1. The van der Waals surface area contributed by atoms with Crippen LogP contribution in [0.3, 0.4) is 0 Å². The molecule has 9 heteroatoms. The van der Waals surface area contributed by atoms with Crippen LogP contribution in [0.2, 0.25) is 0 Å². The van der Waals surface area contributed by atoms with Crippen LogP contribution in [0.1, 0.15) is 12.8 Å². The van der Waals surface area contributed by atoms with Gasteiger partial charge in [0.2, 0.25) is 5.95 Å². The maximum Gasteiger partial charge on any atom is 0.270 e. The van der Waals surface area contributed by atoms with Crippen LogP contribution < -0.4 is 16.1 Å². The van der Waals surface area contributed by atoms with Gasteiger partial charge in [0, 0.05) is 50.2 Å². The van der Waals surface area contributed by atoms with Gasteiger partial charge < -0.3 is 10.6 Å². The third kappa shape index (κ3) is 5.74. The number of hydrogen-bond donors (Lipinski definition) is 3. The van der Waals surface area contributed by atoms with E-state index in [2.05, 4.69) is 31.0 Å².